The molecule has 0 atom stereocenters. The van der Waals surface area contributed by atoms with Crippen LogP contribution in [0.3, 0.4) is 0 Å². The molecule has 0 aliphatic heterocycles. The number of carbonyl (C=O) groups excluding carboxylic acids is 1. The second-order valence-electron chi connectivity index (χ2n) is 3.01. The molecule has 0 saturated heterocycles. The van der Waals surface area contributed by atoms with E-state index in [0.29, 0.717) is 0 Å². The molecule has 96 valence electrons. The minimum atomic E-state index is -5.11. The molecule has 16 heavy (non-hydrogen) atoms. The van der Waals surface area contributed by atoms with Gasteiger partial charge in [0.1, 0.15) is 0 Å². The predicted octanol–water partition coefficient (Wildman–Crippen LogP) is -1.52. The van der Waals surface area contributed by atoms with E-state index in [1.807, 2.05) is 0 Å². The molecular formula is C5H14N2O7P2. The molecule has 9 nitrogen and oxygen atoms in total. The predicted molar refractivity (Wildman–Crippen MR) is 54.3 cm³/mol. The van der Waals surface area contributed by atoms with Crippen LogP contribution in [0.2, 0.25) is 0 Å². The zero-order valence-electron chi connectivity index (χ0n) is 8.18. The monoisotopic (exact) mass is 276 g/mol. The van der Waals surface area contributed by atoms with Crippen LogP contribution in [-0.4, -0.2) is 37.5 Å². The third-order valence-electron chi connectivity index (χ3n) is 1.54. The second-order valence-corrected chi connectivity index (χ2v) is 6.81. The Hall–Kier alpha value is -0.270. The van der Waals surface area contributed by atoms with Crippen molar-refractivity contribution in [2.24, 2.45) is 5.73 Å². The highest BCUT2D eigenvalue weighted by Gasteiger charge is 2.44. The number of amides is 1. The number of carbonyl (C=O) groups is 1. The third kappa shape index (κ3) is 5.72. The van der Waals surface area contributed by atoms with Crippen LogP contribution in [0.25, 0.3) is 0 Å². The molecule has 11 heteroatoms. The number of rotatable bonds is 6. The summed E-state index contributed by atoms with van der Waals surface area (Å²) in [7, 11) is -10.2. The SMILES string of the molecule is NCCCC(=O)NC(P(=O)(O)O)P(=O)(O)O. The quantitative estimate of drug-likeness (QED) is 0.317. The van der Waals surface area contributed by atoms with Gasteiger partial charge < -0.3 is 30.6 Å². The lowest BCUT2D eigenvalue weighted by Gasteiger charge is -2.20. The largest absolute Gasteiger partial charge is 0.360 e. The van der Waals surface area contributed by atoms with Crippen LogP contribution in [0.5, 0.6) is 0 Å². The van der Waals surface area contributed by atoms with Gasteiger partial charge in [-0.3, -0.25) is 13.9 Å². The molecule has 0 aliphatic carbocycles. The Labute approximate surface area is 91.4 Å². The van der Waals surface area contributed by atoms with Crippen LogP contribution in [-0.2, 0) is 13.9 Å². The summed E-state index contributed by atoms with van der Waals surface area (Å²) in [6.07, 6.45) is 0.0911. The summed E-state index contributed by atoms with van der Waals surface area (Å²) in [5, 5.41) is 1.61. The van der Waals surface area contributed by atoms with Gasteiger partial charge in [-0.25, -0.2) is 0 Å². The van der Waals surface area contributed by atoms with Gasteiger partial charge in [0.25, 0.3) is 0 Å². The van der Waals surface area contributed by atoms with Gasteiger partial charge in [-0.1, -0.05) is 0 Å². The molecular weight excluding hydrogens is 262 g/mol. The van der Waals surface area contributed by atoms with E-state index in [-0.39, 0.29) is 19.4 Å². The van der Waals surface area contributed by atoms with Gasteiger partial charge in [0.15, 0.2) is 0 Å². The molecule has 0 spiro atoms. The first-order valence-electron chi connectivity index (χ1n) is 4.19. The van der Waals surface area contributed by atoms with Crippen molar-refractivity contribution >= 4 is 21.1 Å². The molecule has 1 amide bonds. The van der Waals surface area contributed by atoms with Crippen molar-refractivity contribution in [3.05, 3.63) is 0 Å². The minimum Gasteiger partial charge on any atom is -0.332 e. The molecule has 0 aliphatic rings. The summed E-state index contributed by atoms with van der Waals surface area (Å²) in [6.45, 7) is 0.184. The van der Waals surface area contributed by atoms with Crippen LogP contribution >= 0.6 is 15.2 Å². The highest BCUT2D eigenvalue weighted by Crippen LogP contribution is 2.58. The number of nitrogens with two attached hydrogens (primary N) is 1. The maximum atomic E-state index is 11.1. The van der Waals surface area contributed by atoms with E-state index < -0.39 is 26.6 Å². The molecule has 0 aromatic rings. The third-order valence-corrected chi connectivity index (χ3v) is 4.87. The van der Waals surface area contributed by atoms with Gasteiger partial charge >= 0.3 is 15.2 Å². The molecule has 0 radical (unpaired) electrons. The summed E-state index contributed by atoms with van der Waals surface area (Å²) in [5.74, 6) is -0.873. The fraction of sp³-hybridized carbons (Fsp3) is 0.800. The van der Waals surface area contributed by atoms with Gasteiger partial charge in [-0.15, -0.1) is 0 Å². The Morgan fingerprint density at radius 3 is 1.94 bits per heavy atom. The van der Waals surface area contributed by atoms with Crippen molar-refractivity contribution in [1.29, 1.82) is 0 Å². The zero-order valence-corrected chi connectivity index (χ0v) is 9.97. The Morgan fingerprint density at radius 2 is 1.62 bits per heavy atom. The number of nitrogens with one attached hydrogen (secondary N) is 1. The summed E-state index contributed by atoms with van der Waals surface area (Å²) in [6, 6.07) is 0. The van der Waals surface area contributed by atoms with Crippen molar-refractivity contribution in [1.82, 2.24) is 5.32 Å². The summed E-state index contributed by atoms with van der Waals surface area (Å²) < 4.78 is 21.5. The highest BCUT2D eigenvalue weighted by atomic mass is 31.2. The standard InChI is InChI=1S/C5H14N2O7P2/c6-3-1-2-4(8)7-5(15(9,10)11)16(12,13)14/h5H,1-3,6H2,(H,7,8)(H2,9,10,11)(H2,12,13,14). The molecule has 0 saturated carbocycles. The van der Waals surface area contributed by atoms with Gasteiger partial charge in [-0.05, 0) is 13.0 Å². The van der Waals surface area contributed by atoms with E-state index in [9.17, 15) is 13.9 Å². The molecule has 0 fully saturated rings. The smallest absolute Gasteiger partial charge is 0.332 e. The molecule has 7 N–H and O–H groups in total. The van der Waals surface area contributed by atoms with Crippen molar-refractivity contribution in [2.45, 2.75) is 18.4 Å². The van der Waals surface area contributed by atoms with Gasteiger partial charge in [0.2, 0.25) is 11.4 Å². The van der Waals surface area contributed by atoms with E-state index in [4.69, 9.17) is 25.3 Å². The minimum absolute atomic E-state index is 0.160. The van der Waals surface area contributed by atoms with Crippen LogP contribution in [0, 0.1) is 0 Å². The van der Waals surface area contributed by atoms with E-state index in [1.54, 1.807) is 5.32 Å². The van der Waals surface area contributed by atoms with Gasteiger partial charge in [0, 0.05) is 6.42 Å². The highest BCUT2D eigenvalue weighted by molar-refractivity contribution is 7.70. The topological polar surface area (TPSA) is 170 Å². The fourth-order valence-corrected chi connectivity index (χ4v) is 3.03. The lowest BCUT2D eigenvalue weighted by atomic mass is 10.3. The second kappa shape index (κ2) is 5.88. The first kappa shape index (κ1) is 15.7. The van der Waals surface area contributed by atoms with Crippen LogP contribution in [0.15, 0.2) is 0 Å². The molecule has 0 aromatic carbocycles. The van der Waals surface area contributed by atoms with Crippen LogP contribution in [0.4, 0.5) is 0 Å². The van der Waals surface area contributed by atoms with Crippen LogP contribution in [0.1, 0.15) is 12.8 Å². The average Bonchev–Trinajstić information content (AvgIpc) is 2.07. The first-order chi connectivity index (χ1) is 7.09. The lowest BCUT2D eigenvalue weighted by Crippen LogP contribution is -2.34. The molecule has 0 rings (SSSR count). The molecule has 0 bridgehead atoms. The van der Waals surface area contributed by atoms with E-state index in [1.165, 1.54) is 0 Å². The molecule has 0 aromatic heterocycles. The number of hydrogen-bond donors (Lipinski definition) is 6. The van der Waals surface area contributed by atoms with Crippen molar-refractivity contribution in [2.75, 3.05) is 6.54 Å². The van der Waals surface area contributed by atoms with Crippen molar-refractivity contribution in [3.63, 3.8) is 0 Å². The lowest BCUT2D eigenvalue weighted by molar-refractivity contribution is -0.121. The zero-order chi connectivity index (χ0) is 13.0. The first-order valence-corrected chi connectivity index (χ1v) is 7.55. The molecule has 0 heterocycles. The summed E-state index contributed by atoms with van der Waals surface area (Å²) >= 11 is 0. The van der Waals surface area contributed by atoms with Crippen molar-refractivity contribution in [3.8, 4) is 0 Å². The Morgan fingerprint density at radius 1 is 1.19 bits per heavy atom. The van der Waals surface area contributed by atoms with E-state index in [2.05, 4.69) is 0 Å². The fourth-order valence-electron chi connectivity index (χ4n) is 0.843. The maximum absolute atomic E-state index is 11.1. The summed E-state index contributed by atoms with van der Waals surface area (Å²) in [4.78, 5) is 45.7. The van der Waals surface area contributed by atoms with Crippen molar-refractivity contribution < 1.29 is 33.5 Å². The van der Waals surface area contributed by atoms with Gasteiger partial charge in [0.05, 0.1) is 0 Å². The van der Waals surface area contributed by atoms with Crippen LogP contribution < -0.4 is 11.1 Å². The molecule has 0 unspecified atom stereocenters. The maximum Gasteiger partial charge on any atom is 0.360 e. The van der Waals surface area contributed by atoms with E-state index in [0.717, 1.165) is 0 Å². The summed E-state index contributed by atoms with van der Waals surface area (Å²) in [5.41, 5.74) is 2.60. The normalized spacial score (nSPS) is 12.9. The van der Waals surface area contributed by atoms with Gasteiger partial charge in [-0.2, -0.15) is 0 Å². The van der Waals surface area contributed by atoms with E-state index >= 15 is 0 Å². The Kier molecular flexibility index (Phi) is 5.78. The Balaban J connectivity index is 4.66. The Bertz CT molecular complexity index is 312. The average molecular weight is 276 g/mol. The number of hydrogen-bond acceptors (Lipinski definition) is 4.